The number of hydrogen-bond acceptors (Lipinski definition) is 6. The number of aryl methyl sites for hydroxylation is 1. The highest BCUT2D eigenvalue weighted by molar-refractivity contribution is 6.34. The summed E-state index contributed by atoms with van der Waals surface area (Å²) in [6.45, 7) is 6.78. The number of esters is 1. The van der Waals surface area contributed by atoms with Crippen molar-refractivity contribution in [2.24, 2.45) is 0 Å². The van der Waals surface area contributed by atoms with Crippen LogP contribution < -0.4 is 15.7 Å². The first kappa shape index (κ1) is 23.6. The number of ether oxygens (including phenoxy) is 2. The molecule has 1 N–H and O–H groups in total. The van der Waals surface area contributed by atoms with Crippen LogP contribution >= 0.6 is 23.2 Å². The van der Waals surface area contributed by atoms with Gasteiger partial charge in [-0.05, 0) is 44.9 Å². The quantitative estimate of drug-likeness (QED) is 0.299. The molecule has 0 aliphatic heterocycles. The van der Waals surface area contributed by atoms with Crippen LogP contribution in [0.3, 0.4) is 0 Å². The molecular formula is C23H21Cl2NO6. The number of rotatable bonds is 4. The number of carbonyl (C=O) groups is 2. The van der Waals surface area contributed by atoms with Gasteiger partial charge in [-0.15, -0.1) is 0 Å². The average Bonchev–Trinajstić information content (AvgIpc) is 2.71. The van der Waals surface area contributed by atoms with Crippen molar-refractivity contribution in [3.8, 4) is 5.75 Å². The molecule has 0 aliphatic carbocycles. The van der Waals surface area contributed by atoms with E-state index in [1.165, 1.54) is 12.1 Å². The third kappa shape index (κ3) is 5.41. The fourth-order valence-electron chi connectivity index (χ4n) is 2.92. The van der Waals surface area contributed by atoms with E-state index in [2.05, 4.69) is 5.32 Å². The summed E-state index contributed by atoms with van der Waals surface area (Å²) >= 11 is 12.3. The van der Waals surface area contributed by atoms with Gasteiger partial charge in [-0.2, -0.15) is 0 Å². The van der Waals surface area contributed by atoms with Gasteiger partial charge in [0.25, 0.3) is 0 Å². The number of fused-ring (bicyclic) bond motifs is 1. The zero-order valence-corrected chi connectivity index (χ0v) is 19.3. The molecule has 0 fully saturated rings. The third-order valence-electron chi connectivity index (χ3n) is 4.39. The fourth-order valence-corrected chi connectivity index (χ4v) is 3.27. The minimum atomic E-state index is -1.17. The van der Waals surface area contributed by atoms with Gasteiger partial charge in [0.1, 0.15) is 16.2 Å². The first-order valence-electron chi connectivity index (χ1n) is 9.65. The van der Waals surface area contributed by atoms with Crippen LogP contribution in [0.15, 0.2) is 51.7 Å². The largest absolute Gasteiger partial charge is 0.444 e. The Morgan fingerprint density at radius 1 is 1.09 bits per heavy atom. The van der Waals surface area contributed by atoms with Crippen LogP contribution in [0.2, 0.25) is 10.0 Å². The summed E-state index contributed by atoms with van der Waals surface area (Å²) < 4.78 is 15.9. The minimum Gasteiger partial charge on any atom is -0.444 e. The summed E-state index contributed by atoms with van der Waals surface area (Å²) in [6.07, 6.45) is -0.788. The second-order valence-corrected chi connectivity index (χ2v) is 8.80. The lowest BCUT2D eigenvalue weighted by Gasteiger charge is -2.23. The van der Waals surface area contributed by atoms with Gasteiger partial charge in [0.05, 0.1) is 5.02 Å². The predicted octanol–water partition coefficient (Wildman–Crippen LogP) is 5.58. The molecule has 1 amide bonds. The zero-order valence-electron chi connectivity index (χ0n) is 17.8. The highest BCUT2D eigenvalue weighted by atomic mass is 35.5. The Morgan fingerprint density at radius 2 is 1.75 bits per heavy atom. The third-order valence-corrected chi connectivity index (χ3v) is 5.12. The van der Waals surface area contributed by atoms with E-state index in [0.717, 1.165) is 0 Å². The van der Waals surface area contributed by atoms with E-state index in [0.29, 0.717) is 16.5 Å². The summed E-state index contributed by atoms with van der Waals surface area (Å²) in [5.74, 6) is -0.850. The first-order valence-corrected chi connectivity index (χ1v) is 10.4. The maximum Gasteiger partial charge on any atom is 0.408 e. The van der Waals surface area contributed by atoms with E-state index in [1.54, 1.807) is 58.0 Å². The van der Waals surface area contributed by atoms with Gasteiger partial charge in [-0.25, -0.2) is 14.4 Å². The molecule has 0 aliphatic rings. The van der Waals surface area contributed by atoms with Gasteiger partial charge >= 0.3 is 17.7 Å². The maximum absolute atomic E-state index is 13.0. The molecule has 0 saturated heterocycles. The van der Waals surface area contributed by atoms with Crippen LogP contribution in [0.4, 0.5) is 4.79 Å². The molecule has 0 bridgehead atoms. The van der Waals surface area contributed by atoms with Crippen LogP contribution in [0, 0.1) is 6.92 Å². The topological polar surface area (TPSA) is 94.8 Å². The second-order valence-electron chi connectivity index (χ2n) is 8.02. The Kier molecular flexibility index (Phi) is 6.81. The zero-order chi connectivity index (χ0) is 23.6. The minimum absolute atomic E-state index is 0.0408. The normalized spacial score (nSPS) is 12.3. The van der Waals surface area contributed by atoms with Crippen LogP contribution in [0.1, 0.15) is 37.9 Å². The molecule has 2 aromatic carbocycles. The molecule has 1 unspecified atom stereocenters. The number of hydrogen-bond donors (Lipinski definition) is 1. The molecule has 3 aromatic rings. The van der Waals surface area contributed by atoms with Gasteiger partial charge in [-0.3, -0.25) is 0 Å². The number of carbonyl (C=O) groups excluding carboxylic acids is 2. The molecular weight excluding hydrogens is 457 g/mol. The SMILES string of the molecule is Cc1c(Cl)c(=O)oc2cc(OC(=O)C(NC(=O)OC(C)(C)C)c3ccccc3)c(Cl)cc12. The summed E-state index contributed by atoms with van der Waals surface area (Å²) in [6, 6.07) is 10.2. The summed E-state index contributed by atoms with van der Waals surface area (Å²) in [5, 5.41) is 3.08. The molecule has 1 atom stereocenters. The molecule has 9 heteroatoms. The van der Waals surface area contributed by atoms with Crippen LogP contribution in [0.5, 0.6) is 5.75 Å². The molecule has 1 aromatic heterocycles. The van der Waals surface area contributed by atoms with Crippen molar-refractivity contribution in [3.63, 3.8) is 0 Å². The summed E-state index contributed by atoms with van der Waals surface area (Å²) in [4.78, 5) is 37.2. The Hall–Kier alpha value is -3.03. The molecule has 32 heavy (non-hydrogen) atoms. The highest BCUT2D eigenvalue weighted by Gasteiger charge is 2.28. The molecule has 3 rings (SSSR count). The molecule has 0 radical (unpaired) electrons. The Balaban J connectivity index is 1.94. The number of benzene rings is 2. The Bertz CT molecular complexity index is 1230. The van der Waals surface area contributed by atoms with E-state index in [1.807, 2.05) is 0 Å². The predicted molar refractivity (Wildman–Crippen MR) is 121 cm³/mol. The lowest BCUT2D eigenvalue weighted by Crippen LogP contribution is -2.39. The molecule has 168 valence electrons. The van der Waals surface area contributed by atoms with Gasteiger partial charge in [0.15, 0.2) is 11.8 Å². The van der Waals surface area contributed by atoms with Crippen molar-refractivity contribution < 1.29 is 23.5 Å². The van der Waals surface area contributed by atoms with Gasteiger partial charge in [-0.1, -0.05) is 53.5 Å². The van der Waals surface area contributed by atoms with Crippen LogP contribution in [-0.4, -0.2) is 17.7 Å². The highest BCUT2D eigenvalue weighted by Crippen LogP contribution is 2.33. The smallest absolute Gasteiger partial charge is 0.408 e. The molecule has 0 saturated carbocycles. The number of halogens is 2. The monoisotopic (exact) mass is 477 g/mol. The van der Waals surface area contributed by atoms with Crippen LogP contribution in [-0.2, 0) is 9.53 Å². The number of amides is 1. The average molecular weight is 478 g/mol. The fraction of sp³-hybridized carbons (Fsp3) is 0.261. The number of nitrogens with one attached hydrogen (secondary N) is 1. The lowest BCUT2D eigenvalue weighted by molar-refractivity contribution is -0.137. The van der Waals surface area contributed by atoms with E-state index in [-0.39, 0.29) is 21.4 Å². The van der Waals surface area contributed by atoms with E-state index in [4.69, 9.17) is 37.1 Å². The van der Waals surface area contributed by atoms with Gasteiger partial charge < -0.3 is 19.2 Å². The molecule has 7 nitrogen and oxygen atoms in total. The van der Waals surface area contributed by atoms with Crippen molar-refractivity contribution in [2.45, 2.75) is 39.3 Å². The maximum atomic E-state index is 13.0. The molecule has 1 heterocycles. The van der Waals surface area contributed by atoms with Crippen molar-refractivity contribution in [3.05, 3.63) is 74.1 Å². The van der Waals surface area contributed by atoms with Crippen molar-refractivity contribution in [1.29, 1.82) is 0 Å². The summed E-state index contributed by atoms with van der Waals surface area (Å²) in [5.41, 5.74) is -0.348. The van der Waals surface area contributed by atoms with Crippen molar-refractivity contribution in [1.82, 2.24) is 5.32 Å². The summed E-state index contributed by atoms with van der Waals surface area (Å²) in [7, 11) is 0. The standard InChI is InChI=1S/C23H21Cl2NO6/c1-12-14-10-15(24)17(11-16(14)30-20(27)18(12)25)31-21(28)19(13-8-6-5-7-9-13)26-22(29)32-23(2,3)4/h5-11,19H,1-4H3,(H,26,29). The van der Waals surface area contributed by atoms with Gasteiger partial charge in [0.2, 0.25) is 0 Å². The van der Waals surface area contributed by atoms with E-state index in [9.17, 15) is 14.4 Å². The molecule has 0 spiro atoms. The first-order chi connectivity index (χ1) is 15.0. The van der Waals surface area contributed by atoms with Crippen molar-refractivity contribution >= 4 is 46.2 Å². The number of alkyl carbamates (subject to hydrolysis) is 1. The Labute approximate surface area is 194 Å². The van der Waals surface area contributed by atoms with E-state index >= 15 is 0 Å². The van der Waals surface area contributed by atoms with Gasteiger partial charge in [0, 0.05) is 11.5 Å². The lowest BCUT2D eigenvalue weighted by atomic mass is 10.1. The van der Waals surface area contributed by atoms with Crippen LogP contribution in [0.25, 0.3) is 11.0 Å². The van der Waals surface area contributed by atoms with E-state index < -0.39 is 29.3 Å². The Morgan fingerprint density at radius 3 is 2.38 bits per heavy atom. The van der Waals surface area contributed by atoms with Crippen molar-refractivity contribution in [2.75, 3.05) is 0 Å². The second kappa shape index (κ2) is 9.22.